The molecule has 2 aromatic carbocycles. The van der Waals surface area contributed by atoms with Crippen LogP contribution in [-0.2, 0) is 6.42 Å². The molecule has 0 spiro atoms. The summed E-state index contributed by atoms with van der Waals surface area (Å²) in [7, 11) is 1.63. The summed E-state index contributed by atoms with van der Waals surface area (Å²) in [5.74, 6) is 3.45. The Bertz CT molecular complexity index is 1130. The molecule has 5 nitrogen and oxygen atoms in total. The van der Waals surface area contributed by atoms with Crippen LogP contribution < -0.4 is 18.9 Å². The van der Waals surface area contributed by atoms with E-state index < -0.39 is 9.83 Å². The number of hydrogen-bond donors (Lipinski definition) is 0. The summed E-state index contributed by atoms with van der Waals surface area (Å²) in [6.07, 6.45) is 6.96. The molecule has 0 fully saturated rings. The Morgan fingerprint density at radius 2 is 1.83 bits per heavy atom. The van der Waals surface area contributed by atoms with Gasteiger partial charge in [-0.2, -0.15) is 0 Å². The maximum absolute atomic E-state index is 6.67. The number of nitrogens with zero attached hydrogens (tertiary/aromatic N) is 1. The highest BCUT2D eigenvalue weighted by Crippen LogP contribution is 2.56. The van der Waals surface area contributed by atoms with Crippen LogP contribution in [0, 0.1) is 0 Å². The minimum Gasteiger partial charge on any atom is -0.493 e. The van der Waals surface area contributed by atoms with Gasteiger partial charge in [0.05, 0.1) is 13.7 Å². The Morgan fingerprint density at radius 3 is 2.57 bits per heavy atom. The highest BCUT2D eigenvalue weighted by Gasteiger charge is 2.46. The molecule has 0 saturated heterocycles. The van der Waals surface area contributed by atoms with E-state index in [-0.39, 0.29) is 6.79 Å². The van der Waals surface area contributed by atoms with Crippen molar-refractivity contribution in [1.82, 2.24) is 4.90 Å². The van der Waals surface area contributed by atoms with Crippen LogP contribution in [0.15, 0.2) is 24.3 Å². The fourth-order valence-electron chi connectivity index (χ4n) is 5.05. The van der Waals surface area contributed by atoms with E-state index in [0.717, 1.165) is 66.0 Å². The van der Waals surface area contributed by atoms with E-state index in [2.05, 4.69) is 17.0 Å². The van der Waals surface area contributed by atoms with Crippen LogP contribution in [0.2, 0.25) is 0 Å². The van der Waals surface area contributed by atoms with Gasteiger partial charge in [-0.25, -0.2) is 0 Å². The van der Waals surface area contributed by atoms with Crippen LogP contribution in [0.25, 0.3) is 11.8 Å². The van der Waals surface area contributed by atoms with Crippen molar-refractivity contribution in [3.05, 3.63) is 46.5 Å². The van der Waals surface area contributed by atoms with Gasteiger partial charge in [-0.1, -0.05) is 53.7 Å². The van der Waals surface area contributed by atoms with Crippen LogP contribution >= 0.6 is 46.4 Å². The topological polar surface area (TPSA) is 40.2 Å². The average Bonchev–Trinajstić information content (AvgIpc) is 3.30. The number of rotatable bonds is 8. The van der Waals surface area contributed by atoms with Crippen LogP contribution in [0.1, 0.15) is 54.0 Å². The Balaban J connectivity index is 1.56. The average molecular weight is 559 g/mol. The van der Waals surface area contributed by atoms with Gasteiger partial charge in [0.1, 0.15) is 6.04 Å². The lowest BCUT2D eigenvalue weighted by atomic mass is 9.86. The number of fused-ring (bicyclic) bond motifs is 5. The van der Waals surface area contributed by atoms with Crippen LogP contribution in [0.3, 0.4) is 0 Å². The smallest absolute Gasteiger partial charge is 0.231 e. The van der Waals surface area contributed by atoms with E-state index in [4.69, 9.17) is 65.4 Å². The molecular formula is C26H27Cl4NO4. The van der Waals surface area contributed by atoms with Gasteiger partial charge < -0.3 is 23.8 Å². The molecule has 2 aromatic rings. The molecule has 188 valence electrons. The normalized spacial score (nSPS) is 17.9. The molecule has 3 aliphatic heterocycles. The number of benzene rings is 2. The van der Waals surface area contributed by atoms with Crippen molar-refractivity contribution in [3.63, 3.8) is 0 Å². The third-order valence-electron chi connectivity index (χ3n) is 6.68. The molecule has 0 saturated carbocycles. The minimum atomic E-state index is -1.60. The van der Waals surface area contributed by atoms with Crippen LogP contribution in [0.4, 0.5) is 0 Å². The fourth-order valence-corrected chi connectivity index (χ4v) is 5.92. The summed E-state index contributed by atoms with van der Waals surface area (Å²) in [6, 6.07) is 7.44. The first-order chi connectivity index (χ1) is 16.9. The van der Waals surface area contributed by atoms with E-state index in [1.165, 1.54) is 5.56 Å². The summed E-state index contributed by atoms with van der Waals surface area (Å²) >= 11 is 25.8. The number of unbranched alkanes of at least 4 members (excludes halogenated alkanes) is 3. The summed E-state index contributed by atoms with van der Waals surface area (Å²) in [4.78, 5) is 2.16. The highest BCUT2D eigenvalue weighted by molar-refractivity contribution is 6.68. The zero-order valence-corrected chi connectivity index (χ0v) is 22.4. The standard InChI is InChI=1S/C26H27Cl4NO4/c1-32-20-7-6-17-12-19-18-14-22-21(34-15-35-22)13-16(18)8-10-31(19)25(26(28,29)30)23(17)24(20)33-11-5-3-2-4-9-27/h6-7,12-14,25H,2-5,8-11,15H2,1H3/t25-/m0/s1. The molecule has 3 heterocycles. The van der Waals surface area contributed by atoms with Crippen molar-refractivity contribution in [3.8, 4) is 23.0 Å². The number of hydrogen-bond acceptors (Lipinski definition) is 5. The van der Waals surface area contributed by atoms with E-state index in [1.807, 2.05) is 18.2 Å². The quantitative estimate of drug-likeness (QED) is 0.249. The molecule has 0 aromatic heterocycles. The monoisotopic (exact) mass is 557 g/mol. The predicted octanol–water partition coefficient (Wildman–Crippen LogP) is 7.38. The number of alkyl halides is 4. The van der Waals surface area contributed by atoms with Crippen molar-refractivity contribution in [2.75, 3.05) is 32.9 Å². The first-order valence-electron chi connectivity index (χ1n) is 11.8. The third kappa shape index (κ3) is 4.85. The van der Waals surface area contributed by atoms with Crippen LogP contribution in [0.5, 0.6) is 23.0 Å². The molecule has 3 aliphatic rings. The minimum absolute atomic E-state index is 0.229. The van der Waals surface area contributed by atoms with E-state index in [9.17, 15) is 0 Å². The fraction of sp³-hybridized carbons (Fsp3) is 0.462. The summed E-state index contributed by atoms with van der Waals surface area (Å²) in [6.45, 7) is 1.46. The van der Waals surface area contributed by atoms with Gasteiger partial charge in [-0.3, -0.25) is 0 Å². The Morgan fingerprint density at radius 1 is 1.06 bits per heavy atom. The zero-order chi connectivity index (χ0) is 24.6. The molecule has 0 aliphatic carbocycles. The van der Waals surface area contributed by atoms with E-state index >= 15 is 0 Å². The van der Waals surface area contributed by atoms with Gasteiger partial charge >= 0.3 is 0 Å². The largest absolute Gasteiger partial charge is 0.493 e. The molecule has 0 radical (unpaired) electrons. The molecule has 0 amide bonds. The molecule has 9 heteroatoms. The lowest BCUT2D eigenvalue weighted by Gasteiger charge is -2.46. The van der Waals surface area contributed by atoms with Gasteiger partial charge in [0, 0.05) is 29.2 Å². The molecule has 0 N–H and O–H groups in total. The second-order valence-corrected chi connectivity index (χ2v) is 11.6. The number of methoxy groups -OCH3 is 1. The maximum Gasteiger partial charge on any atom is 0.231 e. The van der Waals surface area contributed by atoms with Crippen molar-refractivity contribution in [1.29, 1.82) is 0 Å². The van der Waals surface area contributed by atoms with Gasteiger partial charge in [0.25, 0.3) is 0 Å². The van der Waals surface area contributed by atoms with Gasteiger partial charge in [0.15, 0.2) is 23.0 Å². The molecule has 1 atom stereocenters. The molecule has 5 rings (SSSR count). The van der Waals surface area contributed by atoms with Gasteiger partial charge in [-0.05, 0) is 54.7 Å². The SMILES string of the molecule is COc1ccc2c(c1OCCCCCCCl)[C@@H](C(Cl)(Cl)Cl)N1CCc3cc4c(cc3C1=C2)OCO4. The van der Waals surface area contributed by atoms with Crippen molar-refractivity contribution >= 4 is 58.2 Å². The maximum atomic E-state index is 6.67. The van der Waals surface area contributed by atoms with E-state index in [1.54, 1.807) is 7.11 Å². The van der Waals surface area contributed by atoms with Crippen molar-refractivity contribution < 1.29 is 18.9 Å². The highest BCUT2D eigenvalue weighted by atomic mass is 35.6. The Labute approximate surface area is 225 Å². The van der Waals surface area contributed by atoms with Crippen molar-refractivity contribution in [2.45, 2.75) is 41.9 Å². The molecular weight excluding hydrogens is 532 g/mol. The first-order valence-corrected chi connectivity index (χ1v) is 13.5. The van der Waals surface area contributed by atoms with Gasteiger partial charge in [-0.15, -0.1) is 11.6 Å². The lowest BCUT2D eigenvalue weighted by molar-refractivity contribution is 0.174. The first kappa shape index (κ1) is 25.0. The van der Waals surface area contributed by atoms with Crippen molar-refractivity contribution in [2.24, 2.45) is 0 Å². The second kappa shape index (κ2) is 10.4. The Hall–Kier alpha value is -1.66. The predicted molar refractivity (Wildman–Crippen MR) is 142 cm³/mol. The molecule has 0 unspecified atom stereocenters. The van der Waals surface area contributed by atoms with Crippen LogP contribution in [-0.4, -0.2) is 41.6 Å². The Kier molecular flexibility index (Phi) is 7.41. The zero-order valence-electron chi connectivity index (χ0n) is 19.4. The summed E-state index contributed by atoms with van der Waals surface area (Å²) < 4.78 is 21.6. The molecule has 0 bridgehead atoms. The summed E-state index contributed by atoms with van der Waals surface area (Å²) in [5.41, 5.74) is 5.01. The molecule has 35 heavy (non-hydrogen) atoms. The third-order valence-corrected chi connectivity index (χ3v) is 7.57. The summed E-state index contributed by atoms with van der Waals surface area (Å²) in [5, 5.41) is 0. The lowest BCUT2D eigenvalue weighted by Crippen LogP contribution is -2.41. The number of ether oxygens (including phenoxy) is 4. The second-order valence-electron chi connectivity index (χ2n) is 8.83. The van der Waals surface area contributed by atoms with E-state index in [0.29, 0.717) is 30.5 Å². The number of halogens is 4. The van der Waals surface area contributed by atoms with Gasteiger partial charge in [0.2, 0.25) is 10.6 Å².